The van der Waals surface area contributed by atoms with E-state index in [-0.39, 0.29) is 41.8 Å². The first kappa shape index (κ1) is 46.3. The van der Waals surface area contributed by atoms with Gasteiger partial charge in [0.05, 0.1) is 56.6 Å². The number of aromatic nitrogens is 6. The minimum Gasteiger partial charge on any atom is -0.453 e. The minimum absolute atomic E-state index is 0.107. The number of benzene rings is 1. The number of anilines is 2. The number of methoxy groups -OCH3 is 2. The number of hydrogen-bond acceptors (Lipinski definition) is 14. The Kier molecular flexibility index (Phi) is 14.4. The lowest BCUT2D eigenvalue weighted by atomic mass is 10.0. The summed E-state index contributed by atoms with van der Waals surface area (Å²) >= 11 is 0. The minimum atomic E-state index is -0.774. The average Bonchev–Trinajstić information content (AvgIpc) is 4.17. The topological polar surface area (TPSA) is 225 Å². The van der Waals surface area contributed by atoms with E-state index < -0.39 is 24.3 Å². The highest BCUT2D eigenvalue weighted by atomic mass is 16.5. The maximum absolute atomic E-state index is 14.0. The Hall–Kier alpha value is -6.28. The molecular formula is C46H62N12O8. The van der Waals surface area contributed by atoms with E-state index in [0.29, 0.717) is 70.6 Å². The summed E-state index contributed by atoms with van der Waals surface area (Å²) in [6.45, 7) is 12.8. The maximum Gasteiger partial charge on any atom is 0.407 e. The molecule has 4 amide bonds. The molecule has 4 aliphatic heterocycles. The van der Waals surface area contributed by atoms with Gasteiger partial charge >= 0.3 is 12.2 Å². The zero-order valence-electron chi connectivity index (χ0n) is 38.6. The molecule has 20 nitrogen and oxygen atoms in total. The fraction of sp³-hybridized carbons (Fsp3) is 0.565. The zero-order valence-corrected chi connectivity index (χ0v) is 38.6. The molecule has 3 fully saturated rings. The maximum atomic E-state index is 14.0. The van der Waals surface area contributed by atoms with Crippen LogP contribution in [0.3, 0.4) is 0 Å². The van der Waals surface area contributed by atoms with Crippen LogP contribution in [0.5, 0.6) is 0 Å². The normalized spacial score (nSPS) is 21.0. The molecule has 4 aliphatic rings. The van der Waals surface area contributed by atoms with E-state index in [0.717, 1.165) is 65.7 Å². The van der Waals surface area contributed by atoms with Crippen molar-refractivity contribution in [2.45, 2.75) is 90.3 Å². The SMILES string of the molecule is COC(=O)N[C@H](C(=O)N1C[C@@H]2C[C@H]1c1nc(-c3ccc(-c4cnc(N5CCN(c6cnc([C@@H]7CCCN7C(=O)[C@H](NC(=O)OC)C(C)C)[nH]6)CC5)nc4)cc3)c([nH]1)COCCCO2)C(C)C. The molecule has 8 rings (SSSR count). The quantitative estimate of drug-likeness (QED) is 0.162. The molecule has 5 atom stereocenters. The van der Waals surface area contributed by atoms with Gasteiger partial charge < -0.3 is 59.1 Å². The van der Waals surface area contributed by atoms with Crippen LogP contribution >= 0.6 is 0 Å². The molecule has 4 bridgehead atoms. The lowest BCUT2D eigenvalue weighted by Gasteiger charge is -2.35. The number of piperazine rings is 1. The molecule has 0 spiro atoms. The van der Waals surface area contributed by atoms with E-state index in [9.17, 15) is 19.2 Å². The van der Waals surface area contributed by atoms with Crippen LogP contribution in [0.15, 0.2) is 42.9 Å². The van der Waals surface area contributed by atoms with Gasteiger partial charge in [-0.1, -0.05) is 52.0 Å². The van der Waals surface area contributed by atoms with E-state index >= 15 is 0 Å². The van der Waals surface area contributed by atoms with Gasteiger partial charge in [-0.25, -0.2) is 29.5 Å². The van der Waals surface area contributed by atoms with Gasteiger partial charge in [0.15, 0.2) is 0 Å². The van der Waals surface area contributed by atoms with E-state index in [1.807, 2.05) is 75.5 Å². The molecule has 0 radical (unpaired) electrons. The molecule has 354 valence electrons. The Morgan fingerprint density at radius 1 is 0.712 bits per heavy atom. The zero-order chi connectivity index (χ0) is 46.5. The summed E-state index contributed by atoms with van der Waals surface area (Å²) in [5.41, 5.74) is 4.30. The molecule has 3 saturated heterocycles. The van der Waals surface area contributed by atoms with Crippen molar-refractivity contribution in [2.75, 3.05) is 76.5 Å². The summed E-state index contributed by atoms with van der Waals surface area (Å²) in [7, 11) is 2.58. The van der Waals surface area contributed by atoms with Crippen LogP contribution in [0, 0.1) is 11.8 Å². The summed E-state index contributed by atoms with van der Waals surface area (Å²) in [5.74, 6) is 2.32. The first-order chi connectivity index (χ1) is 31.9. The van der Waals surface area contributed by atoms with E-state index in [4.69, 9.17) is 38.9 Å². The Bertz CT molecular complexity index is 2310. The molecule has 3 aromatic heterocycles. The number of ether oxygens (including phenoxy) is 4. The molecule has 0 unspecified atom stereocenters. The lowest BCUT2D eigenvalue weighted by molar-refractivity contribution is -0.136. The van der Waals surface area contributed by atoms with Crippen molar-refractivity contribution in [3.63, 3.8) is 0 Å². The Morgan fingerprint density at radius 2 is 1.35 bits per heavy atom. The van der Waals surface area contributed by atoms with Crippen molar-refractivity contribution in [3.05, 3.63) is 60.2 Å². The average molecular weight is 911 g/mol. The van der Waals surface area contributed by atoms with Crippen LogP contribution in [0.2, 0.25) is 0 Å². The van der Waals surface area contributed by atoms with Gasteiger partial charge in [-0.05, 0) is 36.7 Å². The third kappa shape index (κ3) is 10.1. The highest BCUT2D eigenvalue weighted by Crippen LogP contribution is 2.37. The number of imidazole rings is 2. The third-order valence-corrected chi connectivity index (χ3v) is 12.9. The van der Waals surface area contributed by atoms with Gasteiger partial charge in [-0.3, -0.25) is 9.59 Å². The van der Waals surface area contributed by atoms with Gasteiger partial charge in [-0.2, -0.15) is 0 Å². The van der Waals surface area contributed by atoms with Crippen molar-refractivity contribution >= 4 is 35.8 Å². The third-order valence-electron chi connectivity index (χ3n) is 12.9. The highest BCUT2D eigenvalue weighted by Gasteiger charge is 2.43. The number of likely N-dealkylation sites (tertiary alicyclic amines) is 2. The van der Waals surface area contributed by atoms with Gasteiger partial charge in [0.25, 0.3) is 0 Å². The number of fused-ring (bicyclic) bond motifs is 5. The van der Waals surface area contributed by atoms with Crippen molar-refractivity contribution in [3.8, 4) is 22.4 Å². The summed E-state index contributed by atoms with van der Waals surface area (Å²) in [6.07, 6.45) is 6.99. The van der Waals surface area contributed by atoms with Crippen LogP contribution in [0.25, 0.3) is 22.4 Å². The molecule has 1 aromatic carbocycles. The summed E-state index contributed by atoms with van der Waals surface area (Å²) < 4.78 is 21.8. The summed E-state index contributed by atoms with van der Waals surface area (Å²) in [4.78, 5) is 86.2. The van der Waals surface area contributed by atoms with Gasteiger partial charge in [0, 0.05) is 82.4 Å². The Morgan fingerprint density at radius 3 is 2.00 bits per heavy atom. The van der Waals surface area contributed by atoms with Crippen LogP contribution < -0.4 is 20.4 Å². The van der Waals surface area contributed by atoms with Crippen molar-refractivity contribution in [1.29, 1.82) is 0 Å². The summed E-state index contributed by atoms with van der Waals surface area (Å²) in [6, 6.07) is 6.06. The first-order valence-electron chi connectivity index (χ1n) is 23.0. The predicted molar refractivity (Wildman–Crippen MR) is 243 cm³/mol. The number of aromatic amines is 2. The largest absolute Gasteiger partial charge is 0.453 e. The van der Waals surface area contributed by atoms with E-state index in [1.165, 1.54) is 14.2 Å². The second kappa shape index (κ2) is 20.5. The predicted octanol–water partition coefficient (Wildman–Crippen LogP) is 4.59. The second-order valence-corrected chi connectivity index (χ2v) is 18.0. The second-order valence-electron chi connectivity index (χ2n) is 18.0. The number of hydrogen-bond donors (Lipinski definition) is 4. The smallest absolute Gasteiger partial charge is 0.407 e. The molecule has 20 heteroatoms. The fourth-order valence-corrected chi connectivity index (χ4v) is 9.27. The number of amides is 4. The van der Waals surface area contributed by atoms with E-state index in [2.05, 4.69) is 30.4 Å². The molecule has 4 N–H and O–H groups in total. The van der Waals surface area contributed by atoms with Crippen molar-refractivity contribution < 1.29 is 38.1 Å². The molecule has 4 aromatic rings. The first-order valence-corrected chi connectivity index (χ1v) is 23.0. The number of carbonyl (C=O) groups is 4. The fourth-order valence-electron chi connectivity index (χ4n) is 9.27. The van der Waals surface area contributed by atoms with Gasteiger partial charge in [0.1, 0.15) is 29.6 Å². The molecule has 0 saturated carbocycles. The number of H-pyrrole nitrogens is 2. The lowest BCUT2D eigenvalue weighted by Crippen LogP contribution is -2.51. The Labute approximate surface area is 384 Å². The number of rotatable bonds is 11. The molecule has 66 heavy (non-hydrogen) atoms. The monoisotopic (exact) mass is 910 g/mol. The van der Waals surface area contributed by atoms with Gasteiger partial charge in [-0.15, -0.1) is 0 Å². The summed E-state index contributed by atoms with van der Waals surface area (Å²) in [5, 5.41) is 5.43. The number of nitrogens with zero attached hydrogens (tertiary/aromatic N) is 8. The highest BCUT2D eigenvalue weighted by molar-refractivity contribution is 5.87. The number of nitrogens with one attached hydrogen (secondary N) is 4. The van der Waals surface area contributed by atoms with Crippen molar-refractivity contribution in [1.82, 2.24) is 50.3 Å². The number of alkyl carbamates (subject to hydrolysis) is 2. The van der Waals surface area contributed by atoms with Crippen LogP contribution in [0.4, 0.5) is 21.4 Å². The van der Waals surface area contributed by atoms with Crippen LogP contribution in [0.1, 0.15) is 82.8 Å². The molecule has 0 aliphatic carbocycles. The molecular weight excluding hydrogens is 849 g/mol. The number of carbonyl (C=O) groups excluding carboxylic acids is 4. The van der Waals surface area contributed by atoms with Crippen LogP contribution in [-0.4, -0.2) is 149 Å². The van der Waals surface area contributed by atoms with Gasteiger partial charge in [0.2, 0.25) is 17.8 Å². The standard InChI is InChI=1S/C46H62N12O8/c1-27(2)37(53-45(61)63-5)42(59)57-14-7-9-34(57)40-47-24-36(51-40)55-15-17-56(18-16-55)44-48-22-31(23-49-44)29-10-12-30(13-11-29)39-33-26-65-19-8-20-66-32-21-35(41(50-33)52-39)58(25-32)43(60)38(28(3)4)54-46(62)64-6/h10-13,22-24,27-28,32,34-35,37-38H,7-9,14-21,25-26H2,1-6H3,(H,47,51)(H,50,52)(H,53,61)(H,54,62)/t32-,34-,35-,37+,38-/m0/s1. The van der Waals surface area contributed by atoms with Crippen molar-refractivity contribution in [2.24, 2.45) is 11.8 Å². The van der Waals surface area contributed by atoms with E-state index in [1.54, 1.807) is 4.90 Å². The molecule has 7 heterocycles. The van der Waals surface area contributed by atoms with Crippen LogP contribution in [-0.2, 0) is 35.1 Å². The Balaban J connectivity index is 0.906.